The van der Waals surface area contributed by atoms with Crippen LogP contribution in [0.5, 0.6) is 0 Å². The zero-order valence-electron chi connectivity index (χ0n) is 9.79. The fourth-order valence-corrected chi connectivity index (χ4v) is 2.49. The molecule has 0 amide bonds. The third-order valence-electron chi connectivity index (χ3n) is 3.23. The Morgan fingerprint density at radius 1 is 1.13 bits per heavy atom. The standard InChI is InChI=1S/C15H20/c1-15(2)10-6-9-14(12-15)11-13-7-4-3-5-8-13/h3-5,7-8,11H,6,9-10,12H2,1-2H3. The lowest BCUT2D eigenvalue weighted by molar-refractivity contribution is 0.290. The third-order valence-corrected chi connectivity index (χ3v) is 3.23. The van der Waals surface area contributed by atoms with Crippen molar-refractivity contribution in [2.24, 2.45) is 5.41 Å². The molecule has 0 spiro atoms. The second-order valence-electron chi connectivity index (χ2n) is 5.41. The number of rotatable bonds is 1. The molecule has 1 aromatic rings. The summed E-state index contributed by atoms with van der Waals surface area (Å²) >= 11 is 0. The maximum atomic E-state index is 2.38. The smallest absolute Gasteiger partial charge is 0.0257 e. The first kappa shape index (κ1) is 10.5. The van der Waals surface area contributed by atoms with E-state index in [1.54, 1.807) is 5.57 Å². The lowest BCUT2D eigenvalue weighted by Gasteiger charge is -2.31. The Morgan fingerprint density at radius 2 is 1.87 bits per heavy atom. The van der Waals surface area contributed by atoms with Crippen molar-refractivity contribution in [3.05, 3.63) is 41.5 Å². The molecule has 0 atom stereocenters. The van der Waals surface area contributed by atoms with Gasteiger partial charge in [0, 0.05) is 0 Å². The first-order chi connectivity index (χ1) is 7.16. The summed E-state index contributed by atoms with van der Waals surface area (Å²) in [5, 5.41) is 0. The topological polar surface area (TPSA) is 0 Å². The Morgan fingerprint density at radius 3 is 2.53 bits per heavy atom. The summed E-state index contributed by atoms with van der Waals surface area (Å²) in [6.07, 6.45) is 7.66. The molecule has 15 heavy (non-hydrogen) atoms. The Labute approximate surface area is 93.0 Å². The highest BCUT2D eigenvalue weighted by molar-refractivity contribution is 5.53. The first-order valence-corrected chi connectivity index (χ1v) is 5.90. The minimum absolute atomic E-state index is 0.513. The molecule has 0 aromatic heterocycles. The normalized spacial score (nSPS) is 22.9. The second kappa shape index (κ2) is 4.22. The van der Waals surface area contributed by atoms with Gasteiger partial charge in [-0.1, -0.05) is 55.8 Å². The van der Waals surface area contributed by atoms with Gasteiger partial charge in [-0.25, -0.2) is 0 Å². The molecule has 80 valence electrons. The van der Waals surface area contributed by atoms with Crippen molar-refractivity contribution in [3.63, 3.8) is 0 Å². The van der Waals surface area contributed by atoms with E-state index in [0.717, 1.165) is 0 Å². The minimum atomic E-state index is 0.513. The summed E-state index contributed by atoms with van der Waals surface area (Å²) in [6.45, 7) is 4.76. The molecular weight excluding hydrogens is 180 g/mol. The summed E-state index contributed by atoms with van der Waals surface area (Å²) in [5.41, 5.74) is 3.49. The fourth-order valence-electron chi connectivity index (χ4n) is 2.49. The number of allylic oxidation sites excluding steroid dienone is 1. The third kappa shape index (κ3) is 2.95. The van der Waals surface area contributed by atoms with E-state index in [4.69, 9.17) is 0 Å². The molecule has 0 aliphatic heterocycles. The monoisotopic (exact) mass is 200 g/mol. The van der Waals surface area contributed by atoms with Crippen molar-refractivity contribution in [2.75, 3.05) is 0 Å². The summed E-state index contributed by atoms with van der Waals surface area (Å²) in [4.78, 5) is 0. The van der Waals surface area contributed by atoms with Crippen LogP contribution in [0.3, 0.4) is 0 Å². The molecule has 0 radical (unpaired) electrons. The molecule has 0 heterocycles. The molecule has 1 saturated carbocycles. The Kier molecular flexibility index (Phi) is 2.95. The van der Waals surface area contributed by atoms with Gasteiger partial charge in [0.1, 0.15) is 0 Å². The van der Waals surface area contributed by atoms with Gasteiger partial charge in [-0.15, -0.1) is 0 Å². The van der Waals surface area contributed by atoms with Gasteiger partial charge in [-0.05, 0) is 36.7 Å². The quantitative estimate of drug-likeness (QED) is 0.618. The van der Waals surface area contributed by atoms with Gasteiger partial charge in [0.25, 0.3) is 0 Å². The molecule has 1 fully saturated rings. The van der Waals surface area contributed by atoms with Gasteiger partial charge >= 0.3 is 0 Å². The molecule has 0 heteroatoms. The summed E-state index contributed by atoms with van der Waals surface area (Å²) in [5.74, 6) is 0. The predicted molar refractivity (Wildman–Crippen MR) is 66.7 cm³/mol. The zero-order valence-corrected chi connectivity index (χ0v) is 9.79. The predicted octanol–water partition coefficient (Wildman–Crippen LogP) is 4.67. The Bertz CT molecular complexity index is 344. The van der Waals surface area contributed by atoms with Crippen molar-refractivity contribution in [1.82, 2.24) is 0 Å². The molecular formula is C15H20. The van der Waals surface area contributed by atoms with Crippen LogP contribution < -0.4 is 0 Å². The van der Waals surface area contributed by atoms with Crippen molar-refractivity contribution < 1.29 is 0 Å². The van der Waals surface area contributed by atoms with E-state index in [1.165, 1.54) is 31.2 Å². The van der Waals surface area contributed by atoms with Crippen LogP contribution in [0.25, 0.3) is 6.08 Å². The molecule has 0 saturated heterocycles. The maximum absolute atomic E-state index is 2.38. The van der Waals surface area contributed by atoms with Gasteiger partial charge in [0.2, 0.25) is 0 Å². The van der Waals surface area contributed by atoms with Crippen LogP contribution in [-0.4, -0.2) is 0 Å². The first-order valence-electron chi connectivity index (χ1n) is 5.90. The second-order valence-corrected chi connectivity index (χ2v) is 5.41. The maximum Gasteiger partial charge on any atom is -0.0257 e. The van der Waals surface area contributed by atoms with Crippen LogP contribution in [0.2, 0.25) is 0 Å². The summed E-state index contributed by atoms with van der Waals surface area (Å²) < 4.78 is 0. The number of benzene rings is 1. The SMILES string of the molecule is CC1(C)CCCC(=Cc2ccccc2)C1. The van der Waals surface area contributed by atoms with Crippen molar-refractivity contribution >= 4 is 6.08 Å². The van der Waals surface area contributed by atoms with E-state index >= 15 is 0 Å². The lowest BCUT2D eigenvalue weighted by atomic mass is 9.75. The molecule has 1 aliphatic carbocycles. The van der Waals surface area contributed by atoms with E-state index in [1.807, 2.05) is 0 Å². The van der Waals surface area contributed by atoms with Crippen LogP contribution in [0.1, 0.15) is 45.1 Å². The van der Waals surface area contributed by atoms with Gasteiger partial charge in [-0.2, -0.15) is 0 Å². The average molecular weight is 200 g/mol. The minimum Gasteiger partial charge on any atom is -0.0691 e. The molecule has 0 nitrogen and oxygen atoms in total. The van der Waals surface area contributed by atoms with Gasteiger partial charge in [0.15, 0.2) is 0 Å². The molecule has 0 N–H and O–H groups in total. The van der Waals surface area contributed by atoms with Crippen LogP contribution in [-0.2, 0) is 0 Å². The molecule has 0 unspecified atom stereocenters. The van der Waals surface area contributed by atoms with E-state index in [9.17, 15) is 0 Å². The van der Waals surface area contributed by atoms with Crippen molar-refractivity contribution in [3.8, 4) is 0 Å². The summed E-state index contributed by atoms with van der Waals surface area (Å²) in [7, 11) is 0. The number of hydrogen-bond donors (Lipinski definition) is 0. The van der Waals surface area contributed by atoms with E-state index in [0.29, 0.717) is 5.41 Å². The molecule has 1 aromatic carbocycles. The van der Waals surface area contributed by atoms with E-state index < -0.39 is 0 Å². The molecule has 2 rings (SSSR count). The highest BCUT2D eigenvalue weighted by Gasteiger charge is 2.23. The van der Waals surface area contributed by atoms with E-state index in [2.05, 4.69) is 50.3 Å². The Balaban J connectivity index is 2.14. The largest absolute Gasteiger partial charge is 0.0691 e. The highest BCUT2D eigenvalue weighted by Crippen LogP contribution is 2.38. The van der Waals surface area contributed by atoms with Gasteiger partial charge in [0.05, 0.1) is 0 Å². The molecule has 0 bridgehead atoms. The highest BCUT2D eigenvalue weighted by atomic mass is 14.3. The van der Waals surface area contributed by atoms with E-state index in [-0.39, 0.29) is 0 Å². The van der Waals surface area contributed by atoms with Crippen LogP contribution >= 0.6 is 0 Å². The fraction of sp³-hybridized carbons (Fsp3) is 0.467. The Hall–Kier alpha value is -1.04. The number of hydrogen-bond acceptors (Lipinski definition) is 0. The molecule has 1 aliphatic rings. The van der Waals surface area contributed by atoms with Crippen LogP contribution in [0.4, 0.5) is 0 Å². The van der Waals surface area contributed by atoms with Crippen molar-refractivity contribution in [2.45, 2.75) is 39.5 Å². The zero-order chi connectivity index (χ0) is 10.7. The van der Waals surface area contributed by atoms with Crippen molar-refractivity contribution in [1.29, 1.82) is 0 Å². The van der Waals surface area contributed by atoms with Crippen LogP contribution in [0.15, 0.2) is 35.9 Å². The van der Waals surface area contributed by atoms with Gasteiger partial charge in [-0.3, -0.25) is 0 Å². The summed E-state index contributed by atoms with van der Waals surface area (Å²) in [6, 6.07) is 10.7. The van der Waals surface area contributed by atoms with Crippen LogP contribution in [0, 0.1) is 5.41 Å². The average Bonchev–Trinajstić information content (AvgIpc) is 2.17. The lowest BCUT2D eigenvalue weighted by Crippen LogP contribution is -2.16. The van der Waals surface area contributed by atoms with Gasteiger partial charge < -0.3 is 0 Å².